The highest BCUT2D eigenvalue weighted by Crippen LogP contribution is 2.12. The normalized spacial score (nSPS) is 11.0. The van der Waals surface area contributed by atoms with Crippen LogP contribution in [0.15, 0.2) is 65.7 Å². The standard InChI is InChI=1S/C14H13N3O/c15-13(18)14(16-11-7-3-1-4-8-11)17-12-9-5-2-6-10-12/h1-10H,(H2,15,18)(H,16,17). The molecule has 0 saturated heterocycles. The fraction of sp³-hybridized carbons (Fsp3) is 0. The fourth-order valence-corrected chi connectivity index (χ4v) is 1.43. The van der Waals surface area contributed by atoms with Gasteiger partial charge in [-0.25, -0.2) is 4.99 Å². The number of amidine groups is 1. The molecule has 2 rings (SSSR count). The monoisotopic (exact) mass is 239 g/mol. The van der Waals surface area contributed by atoms with Crippen LogP contribution in [0.25, 0.3) is 0 Å². The van der Waals surface area contributed by atoms with E-state index in [1.54, 1.807) is 12.1 Å². The Morgan fingerprint density at radius 1 is 0.944 bits per heavy atom. The van der Waals surface area contributed by atoms with Crippen molar-refractivity contribution < 1.29 is 4.79 Å². The van der Waals surface area contributed by atoms with Crippen LogP contribution in [0, 0.1) is 0 Å². The van der Waals surface area contributed by atoms with Crippen LogP contribution in [0.1, 0.15) is 0 Å². The molecule has 4 heteroatoms. The largest absolute Gasteiger partial charge is 0.363 e. The molecule has 4 nitrogen and oxygen atoms in total. The van der Waals surface area contributed by atoms with Crippen molar-refractivity contribution in [3.8, 4) is 0 Å². The van der Waals surface area contributed by atoms with Gasteiger partial charge < -0.3 is 11.1 Å². The highest BCUT2D eigenvalue weighted by atomic mass is 16.1. The van der Waals surface area contributed by atoms with Gasteiger partial charge in [-0.1, -0.05) is 36.4 Å². The van der Waals surface area contributed by atoms with Crippen molar-refractivity contribution in [3.63, 3.8) is 0 Å². The van der Waals surface area contributed by atoms with Crippen LogP contribution in [-0.2, 0) is 4.79 Å². The van der Waals surface area contributed by atoms with Gasteiger partial charge in [-0.2, -0.15) is 0 Å². The van der Waals surface area contributed by atoms with Crippen LogP contribution < -0.4 is 11.1 Å². The van der Waals surface area contributed by atoms with Gasteiger partial charge in [-0.3, -0.25) is 4.79 Å². The molecule has 0 aliphatic rings. The first-order chi connectivity index (χ1) is 8.75. The van der Waals surface area contributed by atoms with Gasteiger partial charge in [-0.15, -0.1) is 0 Å². The SMILES string of the molecule is NC(=O)C(=Nc1ccccc1)Nc1ccccc1. The molecular weight excluding hydrogens is 226 g/mol. The van der Waals surface area contributed by atoms with Crippen LogP contribution in [0.4, 0.5) is 11.4 Å². The van der Waals surface area contributed by atoms with Crippen LogP contribution in [0.2, 0.25) is 0 Å². The number of hydrogen-bond acceptors (Lipinski definition) is 2. The van der Waals surface area contributed by atoms with E-state index in [2.05, 4.69) is 10.3 Å². The van der Waals surface area contributed by atoms with Crippen molar-refractivity contribution in [2.45, 2.75) is 0 Å². The van der Waals surface area contributed by atoms with E-state index in [0.29, 0.717) is 5.69 Å². The maximum Gasteiger partial charge on any atom is 0.284 e. The summed E-state index contributed by atoms with van der Waals surface area (Å²) in [5.74, 6) is -0.477. The smallest absolute Gasteiger partial charge is 0.284 e. The number of primary amides is 1. The number of hydrogen-bond donors (Lipinski definition) is 2. The minimum absolute atomic E-state index is 0.118. The lowest BCUT2D eigenvalue weighted by molar-refractivity contribution is -0.112. The van der Waals surface area contributed by atoms with Gasteiger partial charge in [-0.05, 0) is 24.3 Å². The number of rotatable bonds is 2. The van der Waals surface area contributed by atoms with Gasteiger partial charge in [0, 0.05) is 5.69 Å². The third-order valence-electron chi connectivity index (χ3n) is 2.27. The van der Waals surface area contributed by atoms with Crippen molar-refractivity contribution >= 4 is 23.1 Å². The number of para-hydroxylation sites is 2. The molecule has 0 radical (unpaired) electrons. The lowest BCUT2D eigenvalue weighted by Gasteiger charge is -2.06. The van der Waals surface area contributed by atoms with E-state index >= 15 is 0 Å². The predicted octanol–water partition coefficient (Wildman–Crippen LogP) is 2.31. The van der Waals surface area contributed by atoms with Gasteiger partial charge in [0.2, 0.25) is 0 Å². The number of carbonyl (C=O) groups excluding carboxylic acids is 1. The van der Waals surface area contributed by atoms with Crippen molar-refractivity contribution in [2.24, 2.45) is 10.7 Å². The Bertz CT molecular complexity index is 550. The summed E-state index contributed by atoms with van der Waals surface area (Å²) in [5.41, 5.74) is 6.75. The average molecular weight is 239 g/mol. The van der Waals surface area contributed by atoms with E-state index in [4.69, 9.17) is 5.73 Å². The topological polar surface area (TPSA) is 67.5 Å². The Morgan fingerprint density at radius 3 is 2.06 bits per heavy atom. The van der Waals surface area contributed by atoms with Crippen molar-refractivity contribution in [3.05, 3.63) is 60.7 Å². The molecule has 0 aliphatic heterocycles. The summed E-state index contributed by atoms with van der Waals surface area (Å²) in [6, 6.07) is 18.5. The molecule has 0 spiro atoms. The molecule has 18 heavy (non-hydrogen) atoms. The number of benzene rings is 2. The van der Waals surface area contributed by atoms with Crippen molar-refractivity contribution in [1.82, 2.24) is 0 Å². The molecule has 1 amide bonds. The first kappa shape index (κ1) is 11.9. The molecule has 0 saturated carbocycles. The lowest BCUT2D eigenvalue weighted by atomic mass is 10.3. The number of nitrogens with two attached hydrogens (primary N) is 1. The van der Waals surface area contributed by atoms with Crippen LogP contribution in [0.3, 0.4) is 0 Å². The molecular formula is C14H13N3O. The van der Waals surface area contributed by atoms with E-state index in [0.717, 1.165) is 5.69 Å². The van der Waals surface area contributed by atoms with E-state index in [1.165, 1.54) is 0 Å². The number of carbonyl (C=O) groups is 1. The fourth-order valence-electron chi connectivity index (χ4n) is 1.43. The molecule has 3 N–H and O–H groups in total. The second-order valence-corrected chi connectivity index (χ2v) is 3.65. The highest BCUT2D eigenvalue weighted by Gasteiger charge is 2.07. The van der Waals surface area contributed by atoms with Crippen LogP contribution >= 0.6 is 0 Å². The number of nitrogens with zero attached hydrogens (tertiary/aromatic N) is 1. The summed E-state index contributed by atoms with van der Waals surface area (Å²) in [4.78, 5) is 15.5. The van der Waals surface area contributed by atoms with Crippen LogP contribution in [0.5, 0.6) is 0 Å². The minimum atomic E-state index is -0.595. The molecule has 0 aromatic heterocycles. The Labute approximate surface area is 105 Å². The third kappa shape index (κ3) is 3.18. The van der Waals surface area contributed by atoms with Gasteiger partial charge in [0.1, 0.15) is 0 Å². The molecule has 0 bridgehead atoms. The molecule has 0 heterocycles. The summed E-state index contributed by atoms with van der Waals surface area (Å²) >= 11 is 0. The maximum absolute atomic E-state index is 11.3. The molecule has 2 aromatic carbocycles. The Hall–Kier alpha value is -2.62. The number of nitrogens with one attached hydrogen (secondary N) is 1. The lowest BCUT2D eigenvalue weighted by Crippen LogP contribution is -2.29. The van der Waals surface area contributed by atoms with E-state index in [9.17, 15) is 4.79 Å². The number of amides is 1. The number of aliphatic imine (C=N–C) groups is 1. The van der Waals surface area contributed by atoms with Gasteiger partial charge in [0.15, 0.2) is 5.84 Å². The predicted molar refractivity (Wildman–Crippen MR) is 72.8 cm³/mol. The minimum Gasteiger partial charge on any atom is -0.363 e. The zero-order valence-corrected chi connectivity index (χ0v) is 9.71. The quantitative estimate of drug-likeness (QED) is 0.623. The highest BCUT2D eigenvalue weighted by molar-refractivity contribution is 6.42. The summed E-state index contributed by atoms with van der Waals surface area (Å²) in [6.07, 6.45) is 0. The summed E-state index contributed by atoms with van der Waals surface area (Å²) < 4.78 is 0. The second-order valence-electron chi connectivity index (χ2n) is 3.65. The Balaban J connectivity index is 2.25. The van der Waals surface area contributed by atoms with E-state index in [-0.39, 0.29) is 5.84 Å². The van der Waals surface area contributed by atoms with Crippen LogP contribution in [-0.4, -0.2) is 11.7 Å². The summed E-state index contributed by atoms with van der Waals surface area (Å²) in [6.45, 7) is 0. The molecule has 2 aromatic rings. The molecule has 0 fully saturated rings. The van der Waals surface area contributed by atoms with Gasteiger partial charge in [0.05, 0.1) is 5.69 Å². The van der Waals surface area contributed by atoms with E-state index in [1.807, 2.05) is 48.5 Å². The zero-order chi connectivity index (χ0) is 12.8. The molecule has 0 unspecified atom stereocenters. The van der Waals surface area contributed by atoms with Gasteiger partial charge in [0.25, 0.3) is 5.91 Å². The van der Waals surface area contributed by atoms with Crippen molar-refractivity contribution in [2.75, 3.05) is 5.32 Å². The molecule has 90 valence electrons. The van der Waals surface area contributed by atoms with Gasteiger partial charge >= 0.3 is 0 Å². The summed E-state index contributed by atoms with van der Waals surface area (Å²) in [7, 11) is 0. The Kier molecular flexibility index (Phi) is 3.71. The first-order valence-corrected chi connectivity index (χ1v) is 5.51. The second kappa shape index (κ2) is 5.63. The molecule has 0 atom stereocenters. The van der Waals surface area contributed by atoms with E-state index < -0.39 is 5.91 Å². The van der Waals surface area contributed by atoms with Crippen molar-refractivity contribution in [1.29, 1.82) is 0 Å². The first-order valence-electron chi connectivity index (χ1n) is 5.51. The Morgan fingerprint density at radius 2 is 1.50 bits per heavy atom. The maximum atomic E-state index is 11.3. The molecule has 0 aliphatic carbocycles. The average Bonchev–Trinajstić information content (AvgIpc) is 2.40. The number of anilines is 1. The summed E-state index contributed by atoms with van der Waals surface area (Å²) in [5, 5.41) is 2.90. The third-order valence-corrected chi connectivity index (χ3v) is 2.27. The zero-order valence-electron chi connectivity index (χ0n) is 9.71.